The van der Waals surface area contributed by atoms with Gasteiger partial charge in [0.1, 0.15) is 0 Å². The third-order valence-corrected chi connectivity index (χ3v) is 5.21. The number of rotatable bonds is 4. The highest BCUT2D eigenvalue weighted by atomic mass is 35.5. The van der Waals surface area contributed by atoms with Crippen LogP contribution in [0.3, 0.4) is 0 Å². The summed E-state index contributed by atoms with van der Waals surface area (Å²) in [6.45, 7) is 8.42. The Balaban J connectivity index is 0.000000431. The normalized spacial score (nSPS) is 18.4. The number of halogens is 2. The van der Waals surface area contributed by atoms with Crippen LogP contribution in [0.1, 0.15) is 55.8 Å². The van der Waals surface area contributed by atoms with Crippen LogP contribution in [0.25, 0.3) is 0 Å². The standard InChI is InChI=1S/C17H15Cl2NO.C4H11N/c1-2-11-12-5-3-4-6-13(12)16(20-17(11)21)10-7-8-14(18)15(19)9-10;1-3-5-4-2/h3-9,11,16H,2H2,1H3,(H,20,21);5H,3-4H2,1-2H3. The van der Waals surface area contributed by atoms with E-state index in [1.807, 2.05) is 37.3 Å². The van der Waals surface area contributed by atoms with E-state index in [-0.39, 0.29) is 17.9 Å². The van der Waals surface area contributed by atoms with Crippen LogP contribution < -0.4 is 10.6 Å². The molecule has 1 aliphatic heterocycles. The molecule has 3 rings (SSSR count). The average molecular weight is 393 g/mol. The molecule has 2 unspecified atom stereocenters. The van der Waals surface area contributed by atoms with Gasteiger partial charge >= 0.3 is 0 Å². The monoisotopic (exact) mass is 392 g/mol. The lowest BCUT2D eigenvalue weighted by Gasteiger charge is -2.32. The predicted octanol–water partition coefficient (Wildman–Crippen LogP) is 5.32. The minimum absolute atomic E-state index is 0.0623. The lowest BCUT2D eigenvalue weighted by molar-refractivity contribution is -0.123. The van der Waals surface area contributed by atoms with Gasteiger partial charge in [0.05, 0.1) is 22.0 Å². The second-order valence-corrected chi connectivity index (χ2v) is 6.98. The summed E-state index contributed by atoms with van der Waals surface area (Å²) in [4.78, 5) is 12.4. The molecule has 0 bridgehead atoms. The summed E-state index contributed by atoms with van der Waals surface area (Å²) in [6.07, 6.45) is 0.789. The van der Waals surface area contributed by atoms with Crippen molar-refractivity contribution in [2.75, 3.05) is 13.1 Å². The van der Waals surface area contributed by atoms with E-state index >= 15 is 0 Å². The molecule has 2 atom stereocenters. The van der Waals surface area contributed by atoms with Crippen molar-refractivity contribution in [3.8, 4) is 0 Å². The maximum Gasteiger partial charge on any atom is 0.228 e. The topological polar surface area (TPSA) is 41.1 Å². The first-order valence-corrected chi connectivity index (χ1v) is 9.83. The Bertz CT molecular complexity index is 747. The molecule has 140 valence electrons. The fraction of sp³-hybridized carbons (Fsp3) is 0.381. The highest BCUT2D eigenvalue weighted by Crippen LogP contribution is 2.37. The SMILES string of the molecule is CCC1C(=O)NC(c2ccc(Cl)c(Cl)c2)c2ccccc21.CCNCC. The Morgan fingerprint density at radius 2 is 1.62 bits per heavy atom. The smallest absolute Gasteiger partial charge is 0.228 e. The maximum absolute atomic E-state index is 12.4. The van der Waals surface area contributed by atoms with E-state index in [9.17, 15) is 4.79 Å². The third-order valence-electron chi connectivity index (χ3n) is 4.47. The molecule has 26 heavy (non-hydrogen) atoms. The van der Waals surface area contributed by atoms with Crippen LogP contribution in [-0.4, -0.2) is 19.0 Å². The molecule has 0 radical (unpaired) electrons. The summed E-state index contributed by atoms with van der Waals surface area (Å²) in [5.74, 6) is -0.0208. The molecule has 1 aliphatic rings. The third kappa shape index (κ3) is 4.79. The second kappa shape index (κ2) is 9.96. The molecule has 2 aromatic carbocycles. The predicted molar refractivity (Wildman–Crippen MR) is 110 cm³/mol. The molecule has 5 heteroatoms. The summed E-state index contributed by atoms with van der Waals surface area (Å²) in [6, 6.07) is 13.4. The van der Waals surface area contributed by atoms with E-state index in [2.05, 4.69) is 30.5 Å². The molecule has 0 spiro atoms. The highest BCUT2D eigenvalue weighted by Gasteiger charge is 2.32. The zero-order chi connectivity index (χ0) is 19.1. The van der Waals surface area contributed by atoms with Gasteiger partial charge in [-0.3, -0.25) is 4.79 Å². The van der Waals surface area contributed by atoms with Crippen molar-refractivity contribution in [1.29, 1.82) is 0 Å². The quantitative estimate of drug-likeness (QED) is 0.738. The molecule has 2 N–H and O–H groups in total. The molecule has 0 aliphatic carbocycles. The van der Waals surface area contributed by atoms with Crippen molar-refractivity contribution in [1.82, 2.24) is 10.6 Å². The Morgan fingerprint density at radius 1 is 0.962 bits per heavy atom. The number of hydrogen-bond acceptors (Lipinski definition) is 2. The first-order valence-electron chi connectivity index (χ1n) is 9.08. The molecule has 1 amide bonds. The number of nitrogens with one attached hydrogen (secondary N) is 2. The van der Waals surface area contributed by atoms with Crippen LogP contribution in [0.5, 0.6) is 0 Å². The molecular formula is C21H26Cl2N2O. The van der Waals surface area contributed by atoms with Crippen molar-refractivity contribution in [2.45, 2.75) is 39.2 Å². The molecule has 0 saturated heterocycles. The van der Waals surface area contributed by atoms with Gasteiger partial charge < -0.3 is 10.6 Å². The minimum atomic E-state index is -0.175. The van der Waals surface area contributed by atoms with Crippen molar-refractivity contribution in [3.63, 3.8) is 0 Å². The van der Waals surface area contributed by atoms with E-state index < -0.39 is 0 Å². The van der Waals surface area contributed by atoms with E-state index in [4.69, 9.17) is 23.2 Å². The Labute approximate surface area is 166 Å². The van der Waals surface area contributed by atoms with E-state index in [0.29, 0.717) is 10.0 Å². The number of benzene rings is 2. The Kier molecular flexibility index (Phi) is 7.95. The van der Waals surface area contributed by atoms with E-state index in [1.54, 1.807) is 6.07 Å². The van der Waals surface area contributed by atoms with Crippen LogP contribution in [0.4, 0.5) is 0 Å². The molecule has 0 saturated carbocycles. The first-order chi connectivity index (χ1) is 12.5. The van der Waals surface area contributed by atoms with Crippen LogP contribution in [0, 0.1) is 0 Å². The second-order valence-electron chi connectivity index (χ2n) is 6.16. The number of carbonyl (C=O) groups is 1. The fourth-order valence-electron chi connectivity index (χ4n) is 3.16. The lowest BCUT2D eigenvalue weighted by Crippen LogP contribution is -2.38. The molecule has 3 nitrogen and oxygen atoms in total. The Morgan fingerprint density at radius 3 is 2.15 bits per heavy atom. The molecular weight excluding hydrogens is 367 g/mol. The molecule has 0 aromatic heterocycles. The van der Waals surface area contributed by atoms with Gasteiger partial charge in [0.2, 0.25) is 5.91 Å². The number of carbonyl (C=O) groups excluding carboxylic acids is 1. The van der Waals surface area contributed by atoms with Crippen LogP contribution in [0.15, 0.2) is 42.5 Å². The van der Waals surface area contributed by atoms with Crippen molar-refractivity contribution in [2.24, 2.45) is 0 Å². The van der Waals surface area contributed by atoms with Gasteiger partial charge in [-0.25, -0.2) is 0 Å². The highest BCUT2D eigenvalue weighted by molar-refractivity contribution is 6.42. The van der Waals surface area contributed by atoms with E-state index in [1.165, 1.54) is 0 Å². The summed E-state index contributed by atoms with van der Waals surface area (Å²) >= 11 is 12.1. The fourth-order valence-corrected chi connectivity index (χ4v) is 3.47. The zero-order valence-electron chi connectivity index (χ0n) is 15.5. The van der Waals surface area contributed by atoms with Gasteiger partial charge in [0.25, 0.3) is 0 Å². The minimum Gasteiger partial charge on any atom is -0.345 e. The van der Waals surface area contributed by atoms with Gasteiger partial charge in [-0.2, -0.15) is 0 Å². The summed E-state index contributed by atoms with van der Waals surface area (Å²) < 4.78 is 0. The number of amides is 1. The van der Waals surface area contributed by atoms with Gasteiger partial charge in [0, 0.05) is 0 Å². The molecule has 2 aromatic rings. The van der Waals surface area contributed by atoms with Crippen molar-refractivity contribution in [3.05, 3.63) is 69.2 Å². The maximum atomic E-state index is 12.4. The van der Waals surface area contributed by atoms with Crippen LogP contribution in [-0.2, 0) is 4.79 Å². The van der Waals surface area contributed by atoms with Gasteiger partial charge in [0.15, 0.2) is 0 Å². The van der Waals surface area contributed by atoms with Gasteiger partial charge in [-0.15, -0.1) is 0 Å². The molecule has 0 fully saturated rings. The summed E-state index contributed by atoms with van der Waals surface area (Å²) in [5.41, 5.74) is 3.17. The summed E-state index contributed by atoms with van der Waals surface area (Å²) in [7, 11) is 0. The Hall–Kier alpha value is -1.55. The van der Waals surface area contributed by atoms with Crippen molar-refractivity contribution < 1.29 is 4.79 Å². The van der Waals surface area contributed by atoms with Gasteiger partial charge in [-0.05, 0) is 48.3 Å². The summed E-state index contributed by atoms with van der Waals surface area (Å²) in [5, 5.41) is 7.22. The zero-order valence-corrected chi connectivity index (χ0v) is 17.0. The van der Waals surface area contributed by atoms with E-state index in [0.717, 1.165) is 36.2 Å². The van der Waals surface area contributed by atoms with Crippen LogP contribution in [0.2, 0.25) is 10.0 Å². The first kappa shape index (κ1) is 20.8. The number of fused-ring (bicyclic) bond motifs is 1. The average Bonchev–Trinajstić information content (AvgIpc) is 2.64. The largest absolute Gasteiger partial charge is 0.345 e. The lowest BCUT2D eigenvalue weighted by atomic mass is 9.82. The van der Waals surface area contributed by atoms with Gasteiger partial charge in [-0.1, -0.05) is 74.3 Å². The van der Waals surface area contributed by atoms with Crippen molar-refractivity contribution >= 4 is 29.1 Å². The van der Waals surface area contributed by atoms with Crippen LogP contribution >= 0.6 is 23.2 Å². The molecule has 1 heterocycles. The number of hydrogen-bond donors (Lipinski definition) is 2.